The van der Waals surface area contributed by atoms with Gasteiger partial charge in [0.15, 0.2) is 0 Å². The summed E-state index contributed by atoms with van der Waals surface area (Å²) in [5.74, 6) is -0.224. The second-order valence-corrected chi connectivity index (χ2v) is 10.9. The van der Waals surface area contributed by atoms with Crippen molar-refractivity contribution < 1.29 is 49.0 Å². The van der Waals surface area contributed by atoms with Gasteiger partial charge < -0.3 is 55.3 Å². The van der Waals surface area contributed by atoms with Crippen LogP contribution in [0.15, 0.2) is 59.3 Å². The predicted octanol–water partition coefficient (Wildman–Crippen LogP) is 0.442. The molecule has 2 aliphatic heterocycles. The Hall–Kier alpha value is -3.56. The van der Waals surface area contributed by atoms with E-state index in [1.54, 1.807) is 38.1 Å². The van der Waals surface area contributed by atoms with Crippen molar-refractivity contribution in [2.75, 3.05) is 12.5 Å². The number of amides is 1. The number of benzene rings is 2. The highest BCUT2D eigenvalue weighted by molar-refractivity contribution is 5.97. The molecule has 9 atom stereocenters. The maximum Gasteiger partial charge on any atom is 0.247 e. The first-order chi connectivity index (χ1) is 20.6. The van der Waals surface area contributed by atoms with E-state index in [1.807, 2.05) is 30.3 Å². The number of rotatable bonds is 9. The molecule has 0 bridgehead atoms. The van der Waals surface area contributed by atoms with Crippen LogP contribution in [0.3, 0.4) is 0 Å². The van der Waals surface area contributed by atoms with Crippen molar-refractivity contribution in [1.29, 1.82) is 0 Å². The third kappa shape index (κ3) is 6.99. The smallest absolute Gasteiger partial charge is 0.247 e. The van der Waals surface area contributed by atoms with Crippen molar-refractivity contribution in [3.63, 3.8) is 0 Å². The van der Waals surface area contributed by atoms with Gasteiger partial charge in [0.25, 0.3) is 0 Å². The molecule has 232 valence electrons. The van der Waals surface area contributed by atoms with Crippen LogP contribution in [0.2, 0.25) is 0 Å². The van der Waals surface area contributed by atoms with Gasteiger partial charge in [0.2, 0.25) is 12.2 Å². The van der Waals surface area contributed by atoms with Gasteiger partial charge in [-0.3, -0.25) is 4.79 Å². The lowest BCUT2D eigenvalue weighted by Crippen LogP contribution is -2.67. The average molecular weight is 600 g/mol. The Kier molecular flexibility index (Phi) is 9.62. The highest BCUT2D eigenvalue weighted by Crippen LogP contribution is 2.31. The lowest BCUT2D eigenvalue weighted by atomic mass is 9.83. The Morgan fingerprint density at radius 2 is 1.77 bits per heavy atom. The van der Waals surface area contributed by atoms with Crippen LogP contribution in [-0.4, -0.2) is 93.9 Å². The third-order valence-electron chi connectivity index (χ3n) is 7.71. The predicted molar refractivity (Wildman–Crippen MR) is 153 cm³/mol. The number of fused-ring (bicyclic) bond motifs is 1. The van der Waals surface area contributed by atoms with Crippen LogP contribution in [0, 0.1) is 0 Å². The van der Waals surface area contributed by atoms with Gasteiger partial charge in [0, 0.05) is 12.0 Å². The summed E-state index contributed by atoms with van der Waals surface area (Å²) < 4.78 is 22.3. The maximum absolute atomic E-state index is 12.9. The first kappa shape index (κ1) is 30.9. The van der Waals surface area contributed by atoms with Crippen molar-refractivity contribution in [2.45, 2.75) is 81.9 Å². The molecule has 2 saturated heterocycles. The molecule has 43 heavy (non-hydrogen) atoms. The lowest BCUT2D eigenvalue weighted by Gasteiger charge is -2.41. The number of ether oxygens (including phenoxy) is 4. The van der Waals surface area contributed by atoms with Crippen LogP contribution >= 0.6 is 0 Å². The van der Waals surface area contributed by atoms with E-state index >= 15 is 0 Å². The van der Waals surface area contributed by atoms with E-state index in [2.05, 4.69) is 10.5 Å². The van der Waals surface area contributed by atoms with Gasteiger partial charge in [-0.15, -0.1) is 0 Å². The average Bonchev–Trinajstić information content (AvgIpc) is 3.63. The molecule has 0 aromatic heterocycles. The molecule has 2 aromatic carbocycles. The summed E-state index contributed by atoms with van der Waals surface area (Å²) in [7, 11) is 0. The quantitative estimate of drug-likeness (QED) is 0.101. The molecule has 2 heterocycles. The fourth-order valence-electron chi connectivity index (χ4n) is 5.36. The summed E-state index contributed by atoms with van der Waals surface area (Å²) in [6.07, 6.45) is -6.35. The van der Waals surface area contributed by atoms with E-state index in [0.717, 1.165) is 5.56 Å². The van der Waals surface area contributed by atoms with Gasteiger partial charge in [0.1, 0.15) is 55.8 Å². The van der Waals surface area contributed by atoms with Crippen molar-refractivity contribution >= 4 is 23.4 Å². The Morgan fingerprint density at radius 1 is 1.05 bits per heavy atom. The number of nitrogen functional groups attached to an aromatic ring is 1. The van der Waals surface area contributed by atoms with Crippen molar-refractivity contribution in [3.8, 4) is 5.75 Å². The van der Waals surface area contributed by atoms with E-state index in [0.29, 0.717) is 17.0 Å². The van der Waals surface area contributed by atoms with Crippen LogP contribution in [0.25, 0.3) is 6.08 Å². The molecule has 3 aliphatic rings. The zero-order valence-electron chi connectivity index (χ0n) is 23.8. The number of carbonyl (C=O) groups is 1. The number of aliphatic hydroxyl groups is 4. The Morgan fingerprint density at radius 3 is 2.49 bits per heavy atom. The Labute approximate surface area is 248 Å². The van der Waals surface area contributed by atoms with E-state index in [-0.39, 0.29) is 31.1 Å². The summed E-state index contributed by atoms with van der Waals surface area (Å²) >= 11 is 0. The van der Waals surface area contributed by atoms with Crippen LogP contribution in [0.5, 0.6) is 5.75 Å². The molecular formula is C30H37N3O10. The number of hydrogen-bond donors (Lipinski definition) is 6. The van der Waals surface area contributed by atoms with Gasteiger partial charge in [-0.25, -0.2) is 0 Å². The molecule has 13 nitrogen and oxygen atoms in total. The van der Waals surface area contributed by atoms with Crippen LogP contribution in [0.1, 0.15) is 31.4 Å². The highest BCUT2D eigenvalue weighted by Gasteiger charge is 2.53. The summed E-state index contributed by atoms with van der Waals surface area (Å²) in [6, 6.07) is 13.4. The number of oxime groups is 1. The van der Waals surface area contributed by atoms with E-state index in [4.69, 9.17) is 29.5 Å². The first-order valence-corrected chi connectivity index (χ1v) is 14.0. The molecule has 5 rings (SSSR count). The molecule has 1 amide bonds. The molecule has 0 unspecified atom stereocenters. The second-order valence-electron chi connectivity index (χ2n) is 10.9. The number of hydrogen-bond acceptors (Lipinski definition) is 12. The molecule has 1 aliphatic carbocycles. The molecule has 0 spiro atoms. The normalized spacial score (nSPS) is 32.7. The van der Waals surface area contributed by atoms with E-state index in [9.17, 15) is 25.2 Å². The number of carbonyl (C=O) groups excluding carboxylic acids is 1. The topological polar surface area (TPSA) is 195 Å². The van der Waals surface area contributed by atoms with Crippen LogP contribution in [-0.2, 0) is 30.4 Å². The molecule has 7 N–H and O–H groups in total. The molecule has 1 saturated carbocycles. The van der Waals surface area contributed by atoms with Crippen LogP contribution in [0.4, 0.5) is 5.69 Å². The Balaban J connectivity index is 1.16. The highest BCUT2D eigenvalue weighted by atomic mass is 16.7. The molecular weight excluding hydrogens is 562 g/mol. The first-order valence-electron chi connectivity index (χ1n) is 14.0. The van der Waals surface area contributed by atoms with Crippen LogP contribution < -0.4 is 15.8 Å². The number of nitrogens with two attached hydrogens (primary N) is 1. The largest absolute Gasteiger partial charge is 0.463 e. The number of nitrogens with zero attached hydrogens (tertiary/aromatic N) is 1. The fourth-order valence-corrected chi connectivity index (χ4v) is 5.36. The minimum Gasteiger partial charge on any atom is -0.463 e. The van der Waals surface area contributed by atoms with Gasteiger partial charge in [-0.05, 0) is 43.2 Å². The zero-order valence-corrected chi connectivity index (χ0v) is 23.8. The summed E-state index contributed by atoms with van der Waals surface area (Å²) in [5.41, 5.74) is 8.80. The maximum atomic E-state index is 12.9. The van der Waals surface area contributed by atoms with E-state index < -0.39 is 61.0 Å². The van der Waals surface area contributed by atoms with Crippen molar-refractivity contribution in [2.24, 2.45) is 5.16 Å². The molecule has 3 fully saturated rings. The second kappa shape index (κ2) is 13.4. The lowest BCUT2D eigenvalue weighted by molar-refractivity contribution is -0.155. The van der Waals surface area contributed by atoms with E-state index in [1.165, 1.54) is 0 Å². The summed E-state index contributed by atoms with van der Waals surface area (Å²) in [5, 5.41) is 48.6. The van der Waals surface area contributed by atoms with Gasteiger partial charge >= 0.3 is 0 Å². The van der Waals surface area contributed by atoms with Gasteiger partial charge in [0.05, 0.1) is 23.5 Å². The molecule has 13 heteroatoms. The monoisotopic (exact) mass is 599 g/mol. The fraction of sp³-hybridized carbons (Fsp3) is 0.467. The number of aliphatic hydroxyl groups excluding tert-OH is 4. The van der Waals surface area contributed by atoms with Gasteiger partial charge in [-0.2, -0.15) is 0 Å². The summed E-state index contributed by atoms with van der Waals surface area (Å²) in [4.78, 5) is 18.3. The minimum atomic E-state index is -1.45. The SMILES string of the molecule is C/C(=C\c1ccc(O[C@H]2C[C@H](O)[C@@H](/C(C)=N/OCc3ccccc3)O2)c(N)c1)C(=O)N[C@@H]1[C@H](O)[C@@H](O)[C@H]2OCO[C@H]2[C@@H]1O. The third-order valence-corrected chi connectivity index (χ3v) is 7.71. The van der Waals surface area contributed by atoms with Crippen molar-refractivity contribution in [3.05, 3.63) is 65.2 Å². The van der Waals surface area contributed by atoms with Gasteiger partial charge in [-0.1, -0.05) is 41.6 Å². The summed E-state index contributed by atoms with van der Waals surface area (Å²) in [6.45, 7) is 3.44. The molecule has 0 radical (unpaired) electrons. The molecule has 2 aromatic rings. The minimum absolute atomic E-state index is 0.122. The number of anilines is 1. The van der Waals surface area contributed by atoms with Crippen molar-refractivity contribution in [1.82, 2.24) is 5.32 Å². The Bertz CT molecular complexity index is 1340. The standard InChI is InChI=1S/C30H37N3O10/c1-15(30(38)32-23-24(35)26(37)29-28(25(23)36)39-14-40-29)10-18-8-9-21(19(31)11-18)42-22-12-20(34)27(43-22)16(2)33-41-13-17-6-4-3-5-7-17/h3-11,20,22-29,34-37H,12-14,31H2,1-2H3,(H,32,38)/b15-10+,33-16+/t20-,22+,23+,24-,25+,26+,27+,28-,29+/m0/s1. The number of nitrogens with one attached hydrogen (secondary N) is 1. The zero-order chi connectivity index (χ0) is 30.7.